The fourth-order valence-corrected chi connectivity index (χ4v) is 5.80. The van der Waals surface area contributed by atoms with E-state index in [0.29, 0.717) is 18.0 Å². The molecule has 3 aromatic carbocycles. The predicted molar refractivity (Wildman–Crippen MR) is 157 cm³/mol. The summed E-state index contributed by atoms with van der Waals surface area (Å²) in [5.41, 5.74) is 2.60. The number of piperazine rings is 1. The lowest BCUT2D eigenvalue weighted by Gasteiger charge is -2.46. The average molecular weight is 584 g/mol. The van der Waals surface area contributed by atoms with E-state index in [1.165, 1.54) is 5.01 Å². The summed E-state index contributed by atoms with van der Waals surface area (Å²) in [6.45, 7) is 4.90. The molecular formula is C32H33N5O6. The number of fused-ring (bicyclic) bond motifs is 2. The Kier molecular flexibility index (Phi) is 7.89. The number of carbonyl (C=O) groups excluding carboxylic acids is 3. The highest BCUT2D eigenvalue weighted by Gasteiger charge is 2.52. The third-order valence-electron chi connectivity index (χ3n) is 7.88. The van der Waals surface area contributed by atoms with Crippen LogP contribution in [0, 0.1) is 0 Å². The lowest BCUT2D eigenvalue weighted by Crippen LogP contribution is -2.66. The number of aromatic hydroxyl groups is 1. The average Bonchev–Trinajstić information content (AvgIpc) is 3.62. The highest BCUT2D eigenvalue weighted by Crippen LogP contribution is 2.34. The zero-order valence-corrected chi connectivity index (χ0v) is 23.6. The molecule has 0 radical (unpaired) electrons. The molecule has 3 aliphatic rings. The van der Waals surface area contributed by atoms with Gasteiger partial charge in [0.25, 0.3) is 0 Å². The second-order valence-electron chi connectivity index (χ2n) is 10.7. The number of carbonyl (C=O) groups is 3. The van der Waals surface area contributed by atoms with Crippen molar-refractivity contribution in [1.29, 1.82) is 0 Å². The van der Waals surface area contributed by atoms with Crippen LogP contribution in [0.3, 0.4) is 0 Å². The van der Waals surface area contributed by atoms with Gasteiger partial charge in [-0.15, -0.1) is 6.58 Å². The Bertz CT molecular complexity index is 1510. The minimum Gasteiger partial charge on any atom is -0.508 e. The van der Waals surface area contributed by atoms with Crippen molar-refractivity contribution in [1.82, 2.24) is 25.1 Å². The predicted octanol–water partition coefficient (Wildman–Crippen LogP) is 2.86. The summed E-state index contributed by atoms with van der Waals surface area (Å²) in [4.78, 5) is 44.4. The molecule has 11 heteroatoms. The smallest absolute Gasteiger partial charge is 0.332 e. The number of rotatable bonds is 9. The van der Waals surface area contributed by atoms with Crippen LogP contribution in [0.5, 0.6) is 17.2 Å². The Balaban J connectivity index is 1.28. The van der Waals surface area contributed by atoms with Crippen LogP contribution in [0.25, 0.3) is 0 Å². The van der Waals surface area contributed by atoms with Crippen LogP contribution in [-0.2, 0) is 29.1 Å². The number of phenols is 1. The number of hydrogen-bond donors (Lipinski definition) is 2. The van der Waals surface area contributed by atoms with E-state index in [-0.39, 0.29) is 63.0 Å². The molecule has 2 N–H and O–H groups in total. The van der Waals surface area contributed by atoms with Gasteiger partial charge < -0.3 is 29.7 Å². The Morgan fingerprint density at radius 1 is 1.00 bits per heavy atom. The molecule has 0 aliphatic carbocycles. The maximum atomic E-state index is 14.0. The second kappa shape index (κ2) is 12.1. The van der Waals surface area contributed by atoms with Gasteiger partial charge in [0, 0.05) is 19.5 Å². The van der Waals surface area contributed by atoms with Crippen LogP contribution in [0.4, 0.5) is 4.79 Å². The van der Waals surface area contributed by atoms with E-state index >= 15 is 0 Å². The lowest BCUT2D eigenvalue weighted by molar-refractivity contribution is -0.157. The number of hydrogen-bond acceptors (Lipinski definition) is 7. The highest BCUT2D eigenvalue weighted by atomic mass is 16.7. The van der Waals surface area contributed by atoms with Crippen LogP contribution in [0.2, 0.25) is 0 Å². The van der Waals surface area contributed by atoms with E-state index in [1.807, 2.05) is 48.5 Å². The van der Waals surface area contributed by atoms with Gasteiger partial charge in [-0.1, -0.05) is 54.6 Å². The molecule has 11 nitrogen and oxygen atoms in total. The molecule has 2 atom stereocenters. The van der Waals surface area contributed by atoms with Crippen LogP contribution in [-0.4, -0.2) is 81.4 Å². The van der Waals surface area contributed by atoms with Gasteiger partial charge in [0.05, 0.1) is 19.6 Å². The molecule has 4 amide bonds. The van der Waals surface area contributed by atoms with Gasteiger partial charge in [-0.05, 0) is 41.0 Å². The van der Waals surface area contributed by atoms with Gasteiger partial charge in [0.15, 0.2) is 11.5 Å². The first kappa shape index (κ1) is 28.1. The molecule has 2 fully saturated rings. The first-order valence-electron chi connectivity index (χ1n) is 14.1. The number of amides is 4. The second-order valence-corrected chi connectivity index (χ2v) is 10.7. The third kappa shape index (κ3) is 5.84. The van der Waals surface area contributed by atoms with Crippen LogP contribution in [0.1, 0.15) is 16.7 Å². The zero-order chi connectivity index (χ0) is 29.9. The zero-order valence-electron chi connectivity index (χ0n) is 23.6. The van der Waals surface area contributed by atoms with Gasteiger partial charge in [-0.3, -0.25) is 14.6 Å². The maximum Gasteiger partial charge on any atom is 0.332 e. The fraction of sp³-hybridized carbons (Fsp3) is 0.281. The van der Waals surface area contributed by atoms with Crippen molar-refractivity contribution in [3.8, 4) is 17.2 Å². The summed E-state index contributed by atoms with van der Waals surface area (Å²) >= 11 is 0. The van der Waals surface area contributed by atoms with Crippen molar-refractivity contribution in [3.05, 3.63) is 102 Å². The van der Waals surface area contributed by atoms with Crippen molar-refractivity contribution in [2.45, 2.75) is 31.7 Å². The van der Waals surface area contributed by atoms with E-state index in [1.54, 1.807) is 45.2 Å². The van der Waals surface area contributed by atoms with E-state index in [2.05, 4.69) is 11.9 Å². The minimum atomic E-state index is -0.798. The van der Waals surface area contributed by atoms with Crippen molar-refractivity contribution in [2.24, 2.45) is 0 Å². The highest BCUT2D eigenvalue weighted by molar-refractivity contribution is 5.92. The van der Waals surface area contributed by atoms with Crippen LogP contribution < -0.4 is 14.8 Å². The SMILES string of the molecule is C=CCN(C(=O)NCc1ccccc1)N1CC(=O)N2[C@@H](Cc3ccc(O)cc3)C(=O)N(Cc3ccc4c(c3)OCO4)C[C@@H]21. The Morgan fingerprint density at radius 2 is 1.74 bits per heavy atom. The number of nitrogens with zero attached hydrogens (tertiary/aromatic N) is 4. The van der Waals surface area contributed by atoms with Crippen LogP contribution in [0.15, 0.2) is 85.5 Å². The summed E-state index contributed by atoms with van der Waals surface area (Å²) in [6.07, 6.45) is 1.29. The Hall–Kier alpha value is -5.03. The van der Waals surface area contributed by atoms with Gasteiger partial charge in [0.1, 0.15) is 18.0 Å². The number of urea groups is 1. The van der Waals surface area contributed by atoms with E-state index in [4.69, 9.17) is 9.47 Å². The minimum absolute atomic E-state index is 0.0610. The monoisotopic (exact) mass is 583 g/mol. The van der Waals surface area contributed by atoms with Crippen molar-refractivity contribution >= 4 is 17.8 Å². The maximum absolute atomic E-state index is 14.0. The van der Waals surface area contributed by atoms with E-state index < -0.39 is 12.2 Å². The molecule has 3 aromatic rings. The topological polar surface area (TPSA) is 115 Å². The summed E-state index contributed by atoms with van der Waals surface area (Å²) < 4.78 is 11.0. The van der Waals surface area contributed by atoms with Crippen LogP contribution >= 0.6 is 0 Å². The number of nitrogens with one attached hydrogen (secondary N) is 1. The first-order valence-corrected chi connectivity index (χ1v) is 14.1. The molecule has 0 bridgehead atoms. The van der Waals surface area contributed by atoms with Crippen molar-refractivity contribution in [2.75, 3.05) is 26.4 Å². The number of ether oxygens (including phenoxy) is 2. The summed E-state index contributed by atoms with van der Waals surface area (Å²) in [6, 6.07) is 20.6. The summed E-state index contributed by atoms with van der Waals surface area (Å²) in [5, 5.41) is 15.9. The normalized spacial score (nSPS) is 19.3. The fourth-order valence-electron chi connectivity index (χ4n) is 5.80. The Morgan fingerprint density at radius 3 is 2.51 bits per heavy atom. The molecule has 222 valence electrons. The molecule has 6 rings (SSSR count). The van der Waals surface area contributed by atoms with Gasteiger partial charge >= 0.3 is 6.03 Å². The van der Waals surface area contributed by atoms with Gasteiger partial charge in [-0.25, -0.2) is 4.79 Å². The van der Waals surface area contributed by atoms with E-state index in [0.717, 1.165) is 16.7 Å². The van der Waals surface area contributed by atoms with Gasteiger partial charge in [0.2, 0.25) is 18.6 Å². The molecule has 0 saturated carbocycles. The quantitative estimate of drug-likeness (QED) is 0.373. The standard InChI is InChI=1S/C32H33N5O6/c1-2-14-35(32(41)33-17-23-6-4-3-5-7-23)36-20-30(39)37-26(15-22-8-11-25(38)12-9-22)31(40)34(19-29(36)37)18-24-10-13-27-28(16-24)43-21-42-27/h2-13,16,26,29,38H,1,14-15,17-21H2,(H,33,41)/t26-,29+/m0/s1. The third-order valence-corrected chi connectivity index (χ3v) is 7.88. The van der Waals surface area contributed by atoms with Gasteiger partial charge in [-0.2, -0.15) is 5.01 Å². The Labute approximate surface area is 249 Å². The molecule has 0 spiro atoms. The molecule has 3 heterocycles. The first-order chi connectivity index (χ1) is 20.9. The van der Waals surface area contributed by atoms with Crippen molar-refractivity contribution < 1.29 is 29.0 Å². The molecule has 2 saturated heterocycles. The molecule has 43 heavy (non-hydrogen) atoms. The number of benzene rings is 3. The summed E-state index contributed by atoms with van der Waals surface area (Å²) in [7, 11) is 0. The van der Waals surface area contributed by atoms with E-state index in [9.17, 15) is 19.5 Å². The molecule has 3 aliphatic heterocycles. The lowest BCUT2D eigenvalue weighted by atomic mass is 10.00. The molecule has 0 aromatic heterocycles. The largest absolute Gasteiger partial charge is 0.508 e. The number of hydrazine groups is 1. The molecular weight excluding hydrogens is 550 g/mol. The summed E-state index contributed by atoms with van der Waals surface area (Å²) in [5.74, 6) is 0.954. The molecule has 0 unspecified atom stereocenters. The number of phenolic OH excluding ortho intramolecular Hbond substituents is 1. The van der Waals surface area contributed by atoms with Crippen molar-refractivity contribution in [3.63, 3.8) is 0 Å².